The lowest BCUT2D eigenvalue weighted by Gasteiger charge is -2.31. The van der Waals surface area contributed by atoms with Crippen molar-refractivity contribution in [3.8, 4) is 0 Å². The number of benzene rings is 1. The summed E-state index contributed by atoms with van der Waals surface area (Å²) in [6.45, 7) is 1.99. The summed E-state index contributed by atoms with van der Waals surface area (Å²) in [5, 5.41) is 12.1. The van der Waals surface area contributed by atoms with Gasteiger partial charge in [0.1, 0.15) is 0 Å². The number of carbonyl (C=O) groups is 2. The quantitative estimate of drug-likeness (QED) is 0.899. The molecule has 0 radical (unpaired) electrons. The molecule has 1 aromatic rings. The van der Waals surface area contributed by atoms with Crippen LogP contribution < -0.4 is 10.2 Å². The van der Waals surface area contributed by atoms with Crippen LogP contribution in [0.15, 0.2) is 24.3 Å². The van der Waals surface area contributed by atoms with E-state index in [0.717, 1.165) is 30.5 Å². The lowest BCUT2D eigenvalue weighted by atomic mass is 9.84. The predicted molar refractivity (Wildman–Crippen MR) is 81.5 cm³/mol. The molecule has 2 N–H and O–H groups in total. The highest BCUT2D eigenvalue weighted by molar-refractivity contribution is 5.92. The lowest BCUT2D eigenvalue weighted by Crippen LogP contribution is -2.49. The third kappa shape index (κ3) is 3.74. The standard InChI is InChI=1S/C16H22N2O3/c1-11-7-9-12(10-8-11)18(2)16(21)17-14-6-4-3-5-13(14)15(19)20/h7-10,13-14H,3-6H2,1-2H3,(H,17,21)(H,19,20). The molecule has 0 aliphatic heterocycles. The van der Waals surface area contributed by atoms with Crippen LogP contribution in [0.1, 0.15) is 31.2 Å². The number of aryl methyl sites for hydroxylation is 1. The van der Waals surface area contributed by atoms with Gasteiger partial charge >= 0.3 is 12.0 Å². The van der Waals surface area contributed by atoms with E-state index in [2.05, 4.69) is 5.32 Å². The van der Waals surface area contributed by atoms with E-state index in [1.807, 2.05) is 31.2 Å². The second-order valence-electron chi connectivity index (χ2n) is 5.68. The fraction of sp³-hybridized carbons (Fsp3) is 0.500. The normalized spacial score (nSPS) is 21.6. The molecule has 0 bridgehead atoms. The van der Waals surface area contributed by atoms with E-state index >= 15 is 0 Å². The zero-order valence-corrected chi connectivity index (χ0v) is 12.5. The molecule has 21 heavy (non-hydrogen) atoms. The molecule has 2 rings (SSSR count). The van der Waals surface area contributed by atoms with Gasteiger partial charge in [-0.05, 0) is 31.9 Å². The molecule has 2 unspecified atom stereocenters. The Hall–Kier alpha value is -2.04. The first-order valence-corrected chi connectivity index (χ1v) is 7.32. The topological polar surface area (TPSA) is 69.6 Å². The maximum atomic E-state index is 12.3. The van der Waals surface area contributed by atoms with Crippen molar-refractivity contribution >= 4 is 17.7 Å². The molecule has 2 atom stereocenters. The van der Waals surface area contributed by atoms with Crippen molar-refractivity contribution in [2.24, 2.45) is 5.92 Å². The molecule has 1 aromatic carbocycles. The van der Waals surface area contributed by atoms with Gasteiger partial charge in [0.2, 0.25) is 0 Å². The number of nitrogens with one attached hydrogen (secondary N) is 1. The van der Waals surface area contributed by atoms with Crippen LogP contribution >= 0.6 is 0 Å². The van der Waals surface area contributed by atoms with Crippen molar-refractivity contribution < 1.29 is 14.7 Å². The molecule has 5 nitrogen and oxygen atoms in total. The van der Waals surface area contributed by atoms with E-state index in [1.54, 1.807) is 7.05 Å². The van der Waals surface area contributed by atoms with E-state index in [-0.39, 0.29) is 12.1 Å². The van der Waals surface area contributed by atoms with E-state index in [0.29, 0.717) is 6.42 Å². The van der Waals surface area contributed by atoms with Gasteiger partial charge < -0.3 is 10.4 Å². The Labute approximate surface area is 125 Å². The summed E-state index contributed by atoms with van der Waals surface area (Å²) in [6.07, 6.45) is 3.24. The highest BCUT2D eigenvalue weighted by atomic mass is 16.4. The zero-order valence-electron chi connectivity index (χ0n) is 12.5. The van der Waals surface area contributed by atoms with Gasteiger partial charge in [-0.3, -0.25) is 9.69 Å². The summed E-state index contributed by atoms with van der Waals surface area (Å²) < 4.78 is 0. The monoisotopic (exact) mass is 290 g/mol. The summed E-state index contributed by atoms with van der Waals surface area (Å²) in [5.41, 5.74) is 1.92. The number of anilines is 1. The third-order valence-electron chi connectivity index (χ3n) is 4.12. The molecule has 0 saturated heterocycles. The SMILES string of the molecule is Cc1ccc(N(C)C(=O)NC2CCCCC2C(=O)O)cc1. The molecule has 2 amide bonds. The average molecular weight is 290 g/mol. The number of carboxylic acid groups (broad SMARTS) is 1. The van der Waals surface area contributed by atoms with Gasteiger partial charge in [0, 0.05) is 18.8 Å². The third-order valence-corrected chi connectivity index (χ3v) is 4.12. The number of carboxylic acids is 1. The van der Waals surface area contributed by atoms with Crippen molar-refractivity contribution in [2.45, 2.75) is 38.6 Å². The van der Waals surface area contributed by atoms with Crippen LogP contribution in [-0.2, 0) is 4.79 Å². The van der Waals surface area contributed by atoms with E-state index < -0.39 is 11.9 Å². The molecule has 1 aliphatic carbocycles. The molecule has 1 saturated carbocycles. The van der Waals surface area contributed by atoms with E-state index in [4.69, 9.17) is 0 Å². The maximum absolute atomic E-state index is 12.3. The Kier molecular flexibility index (Phi) is 4.83. The lowest BCUT2D eigenvalue weighted by molar-refractivity contribution is -0.143. The first-order chi connectivity index (χ1) is 9.99. The molecule has 0 heterocycles. The van der Waals surface area contributed by atoms with Crippen molar-refractivity contribution in [1.29, 1.82) is 0 Å². The van der Waals surface area contributed by atoms with Crippen molar-refractivity contribution in [2.75, 3.05) is 11.9 Å². The number of carbonyl (C=O) groups excluding carboxylic acids is 1. The van der Waals surface area contributed by atoms with Gasteiger partial charge in [0.25, 0.3) is 0 Å². The molecular formula is C16H22N2O3. The second kappa shape index (κ2) is 6.61. The fourth-order valence-corrected chi connectivity index (χ4v) is 2.74. The number of aliphatic carboxylic acids is 1. The van der Waals surface area contributed by atoms with E-state index in [1.165, 1.54) is 4.90 Å². The Morgan fingerprint density at radius 2 is 1.81 bits per heavy atom. The van der Waals surface area contributed by atoms with Crippen LogP contribution in [0.2, 0.25) is 0 Å². The molecule has 0 aromatic heterocycles. The highest BCUT2D eigenvalue weighted by Gasteiger charge is 2.32. The first kappa shape index (κ1) is 15.4. The van der Waals surface area contributed by atoms with Crippen LogP contribution in [0.5, 0.6) is 0 Å². The summed E-state index contributed by atoms with van der Waals surface area (Å²) in [5.74, 6) is -1.30. The molecule has 1 fully saturated rings. The van der Waals surface area contributed by atoms with E-state index in [9.17, 15) is 14.7 Å². The summed E-state index contributed by atoms with van der Waals surface area (Å²) in [7, 11) is 1.69. The van der Waals surface area contributed by atoms with Crippen LogP contribution in [0.3, 0.4) is 0 Å². The fourth-order valence-electron chi connectivity index (χ4n) is 2.74. The number of hydrogen-bond acceptors (Lipinski definition) is 2. The van der Waals surface area contributed by atoms with Crippen molar-refractivity contribution in [3.05, 3.63) is 29.8 Å². The maximum Gasteiger partial charge on any atom is 0.321 e. The van der Waals surface area contributed by atoms with Crippen LogP contribution in [0, 0.1) is 12.8 Å². The molecular weight excluding hydrogens is 268 g/mol. The Morgan fingerprint density at radius 1 is 1.19 bits per heavy atom. The summed E-state index contributed by atoms with van der Waals surface area (Å²) in [6, 6.07) is 7.11. The molecule has 0 spiro atoms. The molecule has 114 valence electrons. The number of amides is 2. The first-order valence-electron chi connectivity index (χ1n) is 7.32. The number of nitrogens with zero attached hydrogens (tertiary/aromatic N) is 1. The largest absolute Gasteiger partial charge is 0.481 e. The zero-order chi connectivity index (χ0) is 15.4. The van der Waals surface area contributed by atoms with Crippen LogP contribution in [0.25, 0.3) is 0 Å². The van der Waals surface area contributed by atoms with Gasteiger partial charge in [-0.15, -0.1) is 0 Å². The highest BCUT2D eigenvalue weighted by Crippen LogP contribution is 2.25. The van der Waals surface area contributed by atoms with Crippen molar-refractivity contribution in [3.63, 3.8) is 0 Å². The van der Waals surface area contributed by atoms with Gasteiger partial charge in [-0.1, -0.05) is 30.5 Å². The number of urea groups is 1. The van der Waals surface area contributed by atoms with Gasteiger partial charge in [0.15, 0.2) is 0 Å². The van der Waals surface area contributed by atoms with Crippen molar-refractivity contribution in [1.82, 2.24) is 5.32 Å². The van der Waals surface area contributed by atoms with Gasteiger partial charge in [-0.2, -0.15) is 0 Å². The Morgan fingerprint density at radius 3 is 2.43 bits per heavy atom. The summed E-state index contributed by atoms with van der Waals surface area (Å²) in [4.78, 5) is 25.1. The van der Waals surface area contributed by atoms with Crippen LogP contribution in [0.4, 0.5) is 10.5 Å². The summed E-state index contributed by atoms with van der Waals surface area (Å²) >= 11 is 0. The Balaban J connectivity index is 2.02. The Bertz CT molecular complexity index is 513. The minimum Gasteiger partial charge on any atom is -0.481 e. The second-order valence-corrected chi connectivity index (χ2v) is 5.68. The number of rotatable bonds is 3. The smallest absolute Gasteiger partial charge is 0.321 e. The number of hydrogen-bond donors (Lipinski definition) is 2. The predicted octanol–water partition coefficient (Wildman–Crippen LogP) is 2.78. The molecule has 5 heteroatoms. The average Bonchev–Trinajstić information content (AvgIpc) is 2.47. The minimum absolute atomic E-state index is 0.253. The molecule has 1 aliphatic rings. The van der Waals surface area contributed by atoms with Gasteiger partial charge in [0.05, 0.1) is 5.92 Å². The van der Waals surface area contributed by atoms with Gasteiger partial charge in [-0.25, -0.2) is 4.79 Å². The van der Waals surface area contributed by atoms with Crippen LogP contribution in [-0.4, -0.2) is 30.2 Å². The minimum atomic E-state index is -0.821.